The van der Waals surface area contributed by atoms with Gasteiger partial charge in [-0.25, -0.2) is 0 Å². The number of hydrogen-bond acceptors (Lipinski definition) is 2. The van der Waals surface area contributed by atoms with Crippen molar-refractivity contribution in [2.24, 2.45) is 4.99 Å². The highest BCUT2D eigenvalue weighted by Crippen LogP contribution is 2.27. The van der Waals surface area contributed by atoms with Crippen LogP contribution < -0.4 is 0 Å². The molecule has 0 N–H and O–H groups in total. The van der Waals surface area contributed by atoms with Gasteiger partial charge in [-0.15, -0.1) is 6.58 Å². The van der Waals surface area contributed by atoms with E-state index in [4.69, 9.17) is 4.43 Å². The molecule has 2 nitrogen and oxygen atoms in total. The molecule has 1 unspecified atom stereocenters. The minimum Gasteiger partial charge on any atom is -0.534 e. The normalized spacial score (nSPS) is 27.2. The van der Waals surface area contributed by atoms with Gasteiger partial charge in [0.1, 0.15) is 0 Å². The fraction of sp³-hybridized carbons (Fsp3) is 0.667. The summed E-state index contributed by atoms with van der Waals surface area (Å²) in [5, 5.41) is 0. The molecule has 0 spiro atoms. The van der Waals surface area contributed by atoms with Gasteiger partial charge in [-0.3, -0.25) is 4.99 Å². The average molecular weight is 183 g/mol. The molecule has 68 valence electrons. The van der Waals surface area contributed by atoms with Crippen molar-refractivity contribution >= 4 is 14.2 Å². The molecule has 0 amide bonds. The van der Waals surface area contributed by atoms with Crippen LogP contribution in [0.3, 0.4) is 0 Å². The van der Waals surface area contributed by atoms with E-state index in [0.717, 1.165) is 18.9 Å². The standard InChI is InChI=1S/C9H17NOSi/c1-5-6-9-10-7-8(2)12(3,4)11-9/h5,8H,1,6-7H2,2-4H3. The maximum atomic E-state index is 5.84. The molecule has 0 fully saturated rings. The van der Waals surface area contributed by atoms with Crippen LogP contribution in [0.1, 0.15) is 13.3 Å². The zero-order valence-electron chi connectivity index (χ0n) is 8.13. The third kappa shape index (κ3) is 1.97. The Hall–Kier alpha value is -0.573. The maximum Gasteiger partial charge on any atom is 0.251 e. The molecular weight excluding hydrogens is 166 g/mol. The predicted octanol–water partition coefficient (Wildman–Crippen LogP) is 2.59. The molecule has 0 bridgehead atoms. The molecule has 0 radical (unpaired) electrons. The molecule has 1 heterocycles. The zero-order chi connectivity index (χ0) is 9.19. The average Bonchev–Trinajstić information content (AvgIpc) is 1.97. The summed E-state index contributed by atoms with van der Waals surface area (Å²) in [4.78, 5) is 4.35. The number of aliphatic imine (C=N–C) groups is 1. The minimum absolute atomic E-state index is 0.631. The highest BCUT2D eigenvalue weighted by Gasteiger charge is 2.35. The van der Waals surface area contributed by atoms with E-state index >= 15 is 0 Å². The number of rotatable bonds is 2. The fourth-order valence-electron chi connectivity index (χ4n) is 1.12. The topological polar surface area (TPSA) is 21.6 Å². The lowest BCUT2D eigenvalue weighted by Crippen LogP contribution is -2.42. The third-order valence-corrected chi connectivity index (χ3v) is 5.75. The molecule has 1 rings (SSSR count). The molecule has 0 saturated carbocycles. The lowest BCUT2D eigenvalue weighted by Gasteiger charge is -2.33. The lowest BCUT2D eigenvalue weighted by atomic mass is 10.4. The van der Waals surface area contributed by atoms with Crippen molar-refractivity contribution in [1.29, 1.82) is 0 Å². The van der Waals surface area contributed by atoms with Crippen molar-refractivity contribution in [1.82, 2.24) is 0 Å². The van der Waals surface area contributed by atoms with E-state index in [9.17, 15) is 0 Å². The van der Waals surface area contributed by atoms with Crippen molar-refractivity contribution < 1.29 is 4.43 Å². The first-order chi connectivity index (χ1) is 5.56. The maximum absolute atomic E-state index is 5.84. The smallest absolute Gasteiger partial charge is 0.251 e. The second kappa shape index (κ2) is 3.43. The van der Waals surface area contributed by atoms with E-state index in [2.05, 4.69) is 31.6 Å². The lowest BCUT2D eigenvalue weighted by molar-refractivity contribution is 0.487. The van der Waals surface area contributed by atoms with E-state index in [1.54, 1.807) is 0 Å². The Labute approximate surface area is 75.5 Å². The Bertz CT molecular complexity index is 211. The number of nitrogens with zero attached hydrogens (tertiary/aromatic N) is 1. The first-order valence-corrected chi connectivity index (χ1v) is 7.38. The quantitative estimate of drug-likeness (QED) is 0.476. The summed E-state index contributed by atoms with van der Waals surface area (Å²) in [7, 11) is -1.47. The largest absolute Gasteiger partial charge is 0.534 e. The van der Waals surface area contributed by atoms with Gasteiger partial charge in [-0.2, -0.15) is 0 Å². The van der Waals surface area contributed by atoms with Gasteiger partial charge in [0.15, 0.2) is 5.90 Å². The van der Waals surface area contributed by atoms with Gasteiger partial charge in [0.05, 0.1) is 0 Å². The molecule has 0 aliphatic carbocycles. The van der Waals surface area contributed by atoms with Crippen molar-refractivity contribution in [2.45, 2.75) is 32.0 Å². The van der Waals surface area contributed by atoms with Gasteiger partial charge in [0, 0.05) is 18.5 Å². The van der Waals surface area contributed by atoms with E-state index < -0.39 is 8.32 Å². The van der Waals surface area contributed by atoms with Gasteiger partial charge >= 0.3 is 0 Å². The summed E-state index contributed by atoms with van der Waals surface area (Å²) in [5.74, 6) is 0.889. The molecule has 0 aromatic heterocycles. The highest BCUT2D eigenvalue weighted by molar-refractivity contribution is 6.74. The van der Waals surface area contributed by atoms with Crippen LogP contribution >= 0.6 is 0 Å². The van der Waals surface area contributed by atoms with Gasteiger partial charge < -0.3 is 4.43 Å². The molecule has 0 aromatic carbocycles. The van der Waals surface area contributed by atoms with Crippen LogP contribution in [0.2, 0.25) is 18.6 Å². The monoisotopic (exact) mass is 183 g/mol. The van der Waals surface area contributed by atoms with Crippen LogP contribution in [0.25, 0.3) is 0 Å². The Morgan fingerprint density at radius 2 is 2.42 bits per heavy atom. The van der Waals surface area contributed by atoms with E-state index in [1.165, 1.54) is 0 Å². The SMILES string of the molecule is C=CCC1=NCC(C)[Si](C)(C)O1. The van der Waals surface area contributed by atoms with Crippen molar-refractivity contribution in [3.63, 3.8) is 0 Å². The molecule has 1 aliphatic rings. The van der Waals surface area contributed by atoms with E-state index in [0.29, 0.717) is 5.54 Å². The van der Waals surface area contributed by atoms with Gasteiger partial charge in [0.2, 0.25) is 0 Å². The third-order valence-electron chi connectivity index (χ3n) is 2.43. The first kappa shape index (κ1) is 9.51. The van der Waals surface area contributed by atoms with E-state index in [1.807, 2.05) is 6.08 Å². The van der Waals surface area contributed by atoms with Crippen molar-refractivity contribution in [3.8, 4) is 0 Å². The minimum atomic E-state index is -1.47. The van der Waals surface area contributed by atoms with Crippen molar-refractivity contribution in [3.05, 3.63) is 12.7 Å². The van der Waals surface area contributed by atoms with Gasteiger partial charge in [-0.1, -0.05) is 13.0 Å². The summed E-state index contributed by atoms with van der Waals surface area (Å²) in [6.45, 7) is 11.3. The second-order valence-corrected chi connectivity index (χ2v) is 8.23. The Kier molecular flexibility index (Phi) is 2.72. The summed E-state index contributed by atoms with van der Waals surface area (Å²) in [5.41, 5.74) is 0.631. The van der Waals surface area contributed by atoms with Crippen molar-refractivity contribution in [2.75, 3.05) is 6.54 Å². The zero-order valence-corrected chi connectivity index (χ0v) is 9.13. The second-order valence-electron chi connectivity index (χ2n) is 3.83. The van der Waals surface area contributed by atoms with Crippen LogP contribution in [0, 0.1) is 0 Å². The molecule has 0 aromatic rings. The number of hydrogen-bond donors (Lipinski definition) is 0. The van der Waals surface area contributed by atoms with Crippen LogP contribution in [-0.2, 0) is 4.43 Å². The summed E-state index contributed by atoms with van der Waals surface area (Å²) in [6.07, 6.45) is 2.63. The van der Waals surface area contributed by atoms with Crippen LogP contribution in [0.15, 0.2) is 17.6 Å². The molecule has 12 heavy (non-hydrogen) atoms. The van der Waals surface area contributed by atoms with Crippen LogP contribution in [0.4, 0.5) is 0 Å². The Morgan fingerprint density at radius 3 is 2.92 bits per heavy atom. The molecule has 3 heteroatoms. The summed E-state index contributed by atoms with van der Waals surface area (Å²) < 4.78 is 5.84. The summed E-state index contributed by atoms with van der Waals surface area (Å²) in [6, 6.07) is 0. The molecule has 1 aliphatic heterocycles. The van der Waals surface area contributed by atoms with Gasteiger partial charge in [-0.05, 0) is 13.1 Å². The molecule has 1 atom stereocenters. The predicted molar refractivity (Wildman–Crippen MR) is 55.1 cm³/mol. The highest BCUT2D eigenvalue weighted by atomic mass is 28.4. The first-order valence-electron chi connectivity index (χ1n) is 4.39. The van der Waals surface area contributed by atoms with E-state index in [-0.39, 0.29) is 0 Å². The fourth-order valence-corrected chi connectivity index (χ4v) is 2.61. The van der Waals surface area contributed by atoms with Crippen LogP contribution in [0.5, 0.6) is 0 Å². The van der Waals surface area contributed by atoms with Crippen LogP contribution in [-0.4, -0.2) is 20.8 Å². The summed E-state index contributed by atoms with van der Waals surface area (Å²) >= 11 is 0. The molecule has 0 saturated heterocycles. The van der Waals surface area contributed by atoms with Gasteiger partial charge in [0.25, 0.3) is 8.32 Å². The Morgan fingerprint density at radius 1 is 1.75 bits per heavy atom. The molecular formula is C9H17NOSi. The Balaban J connectivity index is 2.66.